The zero-order valence-corrected chi connectivity index (χ0v) is 19.3. The molecule has 4 aromatic rings. The maximum absolute atomic E-state index is 12.6. The second-order valence-electron chi connectivity index (χ2n) is 7.20. The summed E-state index contributed by atoms with van der Waals surface area (Å²) in [4.78, 5) is 17.2. The van der Waals surface area contributed by atoms with Crippen LogP contribution in [0.25, 0.3) is 22.0 Å². The van der Waals surface area contributed by atoms with Crippen LogP contribution in [-0.4, -0.2) is 22.6 Å². The first-order valence-corrected chi connectivity index (χ1v) is 11.7. The number of hydrogen-bond acceptors (Lipinski definition) is 5. The van der Waals surface area contributed by atoms with E-state index in [9.17, 15) is 4.79 Å². The largest absolute Gasteiger partial charge is 0.494 e. The van der Waals surface area contributed by atoms with Gasteiger partial charge in [-0.15, -0.1) is 11.3 Å². The lowest BCUT2D eigenvalue weighted by molar-refractivity contribution is 0.0977. The normalized spacial score (nSPS) is 10.7. The van der Waals surface area contributed by atoms with Gasteiger partial charge in [0.2, 0.25) is 0 Å². The van der Waals surface area contributed by atoms with Gasteiger partial charge in [-0.2, -0.15) is 0 Å². The number of benzene rings is 3. The summed E-state index contributed by atoms with van der Waals surface area (Å²) in [6.45, 7) is 2.74. The number of rotatable bonds is 7. The van der Waals surface area contributed by atoms with Crippen molar-refractivity contribution in [3.05, 3.63) is 77.7 Å². The van der Waals surface area contributed by atoms with Crippen LogP contribution in [0.3, 0.4) is 0 Å². The van der Waals surface area contributed by atoms with Gasteiger partial charge < -0.3 is 10.1 Å². The van der Waals surface area contributed by atoms with Crippen molar-refractivity contribution in [2.75, 3.05) is 11.9 Å². The van der Waals surface area contributed by atoms with Gasteiger partial charge in [-0.3, -0.25) is 10.1 Å². The van der Waals surface area contributed by atoms with E-state index >= 15 is 0 Å². The molecule has 0 fully saturated rings. The summed E-state index contributed by atoms with van der Waals surface area (Å²) in [5, 5.41) is 10.8. The minimum atomic E-state index is -0.297. The second-order valence-corrected chi connectivity index (χ2v) is 8.47. The molecule has 162 valence electrons. The number of nitrogens with zero attached hydrogens (tertiary/aromatic N) is 1. The molecule has 0 aliphatic heterocycles. The Morgan fingerprint density at radius 3 is 2.78 bits per heavy atom. The highest BCUT2D eigenvalue weighted by Crippen LogP contribution is 2.30. The van der Waals surface area contributed by atoms with E-state index in [-0.39, 0.29) is 11.0 Å². The molecule has 0 unspecified atom stereocenters. The predicted molar refractivity (Wildman–Crippen MR) is 136 cm³/mol. The summed E-state index contributed by atoms with van der Waals surface area (Å²) in [6, 6.07) is 21.4. The Morgan fingerprint density at radius 2 is 1.91 bits per heavy atom. The highest BCUT2D eigenvalue weighted by Gasteiger charge is 2.12. The summed E-state index contributed by atoms with van der Waals surface area (Å²) in [6.07, 6.45) is 2.03. The van der Waals surface area contributed by atoms with Gasteiger partial charge in [-0.25, -0.2) is 4.98 Å². The minimum absolute atomic E-state index is 0.200. The number of fused-ring (bicyclic) bond motifs is 1. The minimum Gasteiger partial charge on any atom is -0.494 e. The summed E-state index contributed by atoms with van der Waals surface area (Å²) in [5.41, 5.74) is 2.40. The molecule has 4 rings (SSSR count). The Hall–Kier alpha value is -3.29. The smallest absolute Gasteiger partial charge is 0.257 e. The molecule has 7 heteroatoms. The second kappa shape index (κ2) is 10.3. The van der Waals surface area contributed by atoms with Gasteiger partial charge in [0, 0.05) is 16.5 Å². The first-order valence-electron chi connectivity index (χ1n) is 10.4. The van der Waals surface area contributed by atoms with Crippen molar-refractivity contribution in [1.82, 2.24) is 10.3 Å². The van der Waals surface area contributed by atoms with Gasteiger partial charge in [-0.1, -0.05) is 61.9 Å². The Labute approximate surface area is 196 Å². The lowest BCUT2D eigenvalue weighted by atomic mass is 10.0. The topological polar surface area (TPSA) is 63.2 Å². The van der Waals surface area contributed by atoms with Crippen LogP contribution in [-0.2, 0) is 0 Å². The van der Waals surface area contributed by atoms with Crippen molar-refractivity contribution in [2.45, 2.75) is 19.8 Å². The van der Waals surface area contributed by atoms with Gasteiger partial charge in [0.25, 0.3) is 5.91 Å². The number of amides is 1. The number of carbonyl (C=O) groups excluding carboxylic acids is 1. The summed E-state index contributed by atoms with van der Waals surface area (Å²) in [7, 11) is 0. The first kappa shape index (κ1) is 21.9. The number of hydrogen-bond donors (Lipinski definition) is 2. The average molecular weight is 462 g/mol. The summed E-state index contributed by atoms with van der Waals surface area (Å²) < 4.78 is 5.68. The third-order valence-electron chi connectivity index (χ3n) is 4.88. The van der Waals surface area contributed by atoms with Gasteiger partial charge in [0.1, 0.15) is 5.75 Å². The number of nitrogens with one attached hydrogen (secondary N) is 2. The van der Waals surface area contributed by atoms with E-state index in [1.54, 1.807) is 18.2 Å². The molecule has 0 bridgehead atoms. The molecule has 5 nitrogen and oxygen atoms in total. The Balaban J connectivity index is 1.40. The number of carbonyl (C=O) groups is 1. The molecular formula is C25H23N3O2S2. The van der Waals surface area contributed by atoms with Crippen LogP contribution < -0.4 is 15.4 Å². The standard InChI is InChI=1S/C25H23N3O2S2/c1-2-3-14-30-19-11-6-10-18(15-19)23(29)27-24(31)28-25-26-22(16-32-25)21-13-7-9-17-8-4-5-12-20(17)21/h4-13,15-16H,2-3,14H2,1H3,(H2,26,27,28,29,31). The molecule has 0 spiro atoms. The SMILES string of the molecule is CCCCOc1cccc(C(=O)NC(=S)Nc2nc(-c3cccc4ccccc34)cs2)c1. The molecule has 0 saturated carbocycles. The zero-order chi connectivity index (χ0) is 22.3. The summed E-state index contributed by atoms with van der Waals surface area (Å²) in [5.74, 6) is 0.374. The molecular weight excluding hydrogens is 438 g/mol. The number of unbranched alkanes of at least 4 members (excludes halogenated alkanes) is 1. The van der Waals surface area contributed by atoms with Crippen LogP contribution in [0.2, 0.25) is 0 Å². The quantitative estimate of drug-likeness (QED) is 0.251. The van der Waals surface area contributed by atoms with Crippen molar-refractivity contribution >= 4 is 50.5 Å². The van der Waals surface area contributed by atoms with Crippen LogP contribution >= 0.6 is 23.6 Å². The number of ether oxygens (including phenoxy) is 1. The molecule has 3 aromatic carbocycles. The molecule has 0 aliphatic carbocycles. The van der Waals surface area contributed by atoms with Crippen molar-refractivity contribution in [3.8, 4) is 17.0 Å². The third kappa shape index (κ3) is 5.30. The maximum atomic E-state index is 12.6. The number of aromatic nitrogens is 1. The Morgan fingerprint density at radius 1 is 1.09 bits per heavy atom. The van der Waals surface area contributed by atoms with Gasteiger partial charge in [-0.05, 0) is 47.6 Å². The van der Waals surface area contributed by atoms with Gasteiger partial charge in [0.15, 0.2) is 10.2 Å². The van der Waals surface area contributed by atoms with Crippen LogP contribution in [0.15, 0.2) is 72.1 Å². The van der Waals surface area contributed by atoms with E-state index in [4.69, 9.17) is 17.0 Å². The molecule has 0 atom stereocenters. The molecule has 1 aromatic heterocycles. The molecule has 2 N–H and O–H groups in total. The van der Waals surface area contributed by atoms with Crippen LogP contribution in [0.5, 0.6) is 5.75 Å². The molecule has 0 saturated heterocycles. The third-order valence-corrected chi connectivity index (χ3v) is 5.84. The highest BCUT2D eigenvalue weighted by molar-refractivity contribution is 7.80. The fourth-order valence-electron chi connectivity index (χ4n) is 3.27. The Bertz CT molecular complexity index is 1250. The van der Waals surface area contributed by atoms with E-state index in [0.29, 0.717) is 23.1 Å². The predicted octanol–water partition coefficient (Wildman–Crippen LogP) is 6.27. The van der Waals surface area contributed by atoms with Gasteiger partial charge >= 0.3 is 0 Å². The van der Waals surface area contributed by atoms with E-state index in [1.165, 1.54) is 11.3 Å². The first-order chi connectivity index (χ1) is 15.6. The number of thiazole rings is 1. The fourth-order valence-corrected chi connectivity index (χ4v) is 4.24. The van der Waals surface area contributed by atoms with Crippen LogP contribution in [0.4, 0.5) is 5.13 Å². The van der Waals surface area contributed by atoms with E-state index in [1.807, 2.05) is 29.6 Å². The van der Waals surface area contributed by atoms with E-state index < -0.39 is 0 Å². The van der Waals surface area contributed by atoms with Crippen LogP contribution in [0.1, 0.15) is 30.1 Å². The fraction of sp³-hybridized carbons (Fsp3) is 0.160. The average Bonchev–Trinajstić information content (AvgIpc) is 3.27. The lowest BCUT2D eigenvalue weighted by Crippen LogP contribution is -2.34. The van der Waals surface area contributed by atoms with Crippen molar-refractivity contribution in [1.29, 1.82) is 0 Å². The van der Waals surface area contributed by atoms with Gasteiger partial charge in [0.05, 0.1) is 12.3 Å². The highest BCUT2D eigenvalue weighted by atomic mass is 32.1. The van der Waals surface area contributed by atoms with Crippen molar-refractivity contribution < 1.29 is 9.53 Å². The van der Waals surface area contributed by atoms with Crippen LogP contribution in [0, 0.1) is 0 Å². The molecule has 0 radical (unpaired) electrons. The van der Waals surface area contributed by atoms with E-state index in [2.05, 4.69) is 46.8 Å². The molecule has 1 amide bonds. The van der Waals surface area contributed by atoms with Crippen molar-refractivity contribution in [2.24, 2.45) is 0 Å². The van der Waals surface area contributed by atoms with E-state index in [0.717, 1.165) is 34.9 Å². The zero-order valence-electron chi connectivity index (χ0n) is 17.6. The molecule has 32 heavy (non-hydrogen) atoms. The van der Waals surface area contributed by atoms with Crippen molar-refractivity contribution in [3.63, 3.8) is 0 Å². The Kier molecular flexibility index (Phi) is 7.09. The number of anilines is 1. The molecule has 0 aliphatic rings. The number of thiocarbonyl (C=S) groups is 1. The lowest BCUT2D eigenvalue weighted by Gasteiger charge is -2.09. The molecule has 1 heterocycles. The maximum Gasteiger partial charge on any atom is 0.257 e. The monoisotopic (exact) mass is 461 g/mol. The summed E-state index contributed by atoms with van der Waals surface area (Å²) >= 11 is 6.76.